The van der Waals surface area contributed by atoms with Crippen LogP contribution in [0.3, 0.4) is 0 Å². The van der Waals surface area contributed by atoms with Crippen molar-refractivity contribution < 1.29 is 0 Å². The number of hydrogen-bond donors (Lipinski definition) is 0. The zero-order valence-electron chi connectivity index (χ0n) is 8.67. The maximum Gasteiger partial charge on any atom is 0.0404 e. The van der Waals surface area contributed by atoms with E-state index in [1.807, 2.05) is 0 Å². The first-order chi connectivity index (χ1) is 6.81. The number of rotatable bonds is 2. The molecule has 0 N–H and O–H groups in total. The van der Waals surface area contributed by atoms with E-state index in [4.69, 9.17) is 11.6 Å². The van der Waals surface area contributed by atoms with Gasteiger partial charge in [0.15, 0.2) is 0 Å². The first-order valence-corrected chi connectivity index (χ1v) is 5.98. The molecular weight excluding hydrogens is 192 g/mol. The summed E-state index contributed by atoms with van der Waals surface area (Å²) >= 11 is 6.31. The monoisotopic (exact) mass is 208 g/mol. The molecular formula is C13H17Cl. The van der Waals surface area contributed by atoms with E-state index in [1.54, 1.807) is 0 Å². The van der Waals surface area contributed by atoms with E-state index in [9.17, 15) is 0 Å². The van der Waals surface area contributed by atoms with Gasteiger partial charge in [0, 0.05) is 11.3 Å². The van der Waals surface area contributed by atoms with Gasteiger partial charge in [-0.15, -0.1) is 11.6 Å². The Hall–Kier alpha value is -0.490. The van der Waals surface area contributed by atoms with E-state index in [2.05, 4.69) is 31.2 Å². The summed E-state index contributed by atoms with van der Waals surface area (Å²) in [6.07, 6.45) is 4.85. The molecule has 14 heavy (non-hydrogen) atoms. The zero-order valence-corrected chi connectivity index (χ0v) is 9.43. The van der Waals surface area contributed by atoms with Crippen molar-refractivity contribution in [2.45, 2.75) is 43.9 Å². The molecule has 0 saturated heterocycles. The van der Waals surface area contributed by atoms with E-state index >= 15 is 0 Å². The average molecular weight is 209 g/mol. The molecule has 0 aromatic heterocycles. The first kappa shape index (κ1) is 10.0. The van der Waals surface area contributed by atoms with Gasteiger partial charge in [-0.25, -0.2) is 0 Å². The molecule has 1 aliphatic rings. The lowest BCUT2D eigenvalue weighted by atomic mass is 9.95. The Morgan fingerprint density at radius 2 is 2.21 bits per heavy atom. The summed E-state index contributed by atoms with van der Waals surface area (Å²) in [7, 11) is 0. The molecule has 76 valence electrons. The van der Waals surface area contributed by atoms with Gasteiger partial charge in [0.05, 0.1) is 0 Å². The van der Waals surface area contributed by atoms with Crippen LogP contribution in [0.25, 0.3) is 0 Å². The Bertz CT molecular complexity index is 306. The van der Waals surface area contributed by atoms with Crippen LogP contribution in [-0.4, -0.2) is 5.38 Å². The maximum atomic E-state index is 6.31. The minimum atomic E-state index is 0.363. The second-order valence-electron chi connectivity index (χ2n) is 4.15. The van der Waals surface area contributed by atoms with Crippen LogP contribution in [0, 0.1) is 0 Å². The van der Waals surface area contributed by atoms with E-state index < -0.39 is 0 Å². The van der Waals surface area contributed by atoms with Gasteiger partial charge in [-0.05, 0) is 30.4 Å². The molecule has 1 aliphatic carbocycles. The fraction of sp³-hybridized carbons (Fsp3) is 0.538. The largest absolute Gasteiger partial charge is 0.122 e. The molecule has 1 aromatic rings. The van der Waals surface area contributed by atoms with Gasteiger partial charge in [-0.2, -0.15) is 0 Å². The van der Waals surface area contributed by atoms with Gasteiger partial charge in [0.1, 0.15) is 0 Å². The van der Waals surface area contributed by atoms with Gasteiger partial charge in [-0.3, -0.25) is 0 Å². The number of benzene rings is 1. The molecule has 2 rings (SSSR count). The Balaban J connectivity index is 2.22. The molecule has 0 bridgehead atoms. The van der Waals surface area contributed by atoms with Crippen molar-refractivity contribution in [3.05, 3.63) is 35.4 Å². The topological polar surface area (TPSA) is 0 Å². The number of hydrogen-bond acceptors (Lipinski definition) is 0. The molecule has 2 atom stereocenters. The highest BCUT2D eigenvalue weighted by Gasteiger charge is 2.26. The SMILES string of the molecule is CCc1cccc(C2CCCC2Cl)c1. The lowest BCUT2D eigenvalue weighted by molar-refractivity contribution is 0.728. The van der Waals surface area contributed by atoms with Crippen LogP contribution in [0.5, 0.6) is 0 Å². The maximum absolute atomic E-state index is 6.31. The highest BCUT2D eigenvalue weighted by molar-refractivity contribution is 6.21. The lowest BCUT2D eigenvalue weighted by Gasteiger charge is -2.14. The Morgan fingerprint density at radius 1 is 1.36 bits per heavy atom. The minimum Gasteiger partial charge on any atom is -0.122 e. The van der Waals surface area contributed by atoms with Crippen molar-refractivity contribution in [1.82, 2.24) is 0 Å². The third-order valence-electron chi connectivity index (χ3n) is 3.22. The average Bonchev–Trinajstić information content (AvgIpc) is 2.65. The third kappa shape index (κ3) is 1.95. The fourth-order valence-electron chi connectivity index (χ4n) is 2.33. The standard InChI is InChI=1S/C13H17Cl/c1-2-10-5-3-6-11(9-10)12-7-4-8-13(12)14/h3,5-6,9,12-13H,2,4,7-8H2,1H3. The zero-order chi connectivity index (χ0) is 9.97. The van der Waals surface area contributed by atoms with E-state index in [0.717, 1.165) is 6.42 Å². The Morgan fingerprint density at radius 3 is 2.86 bits per heavy atom. The van der Waals surface area contributed by atoms with E-state index in [-0.39, 0.29) is 0 Å². The van der Waals surface area contributed by atoms with Crippen molar-refractivity contribution in [2.75, 3.05) is 0 Å². The molecule has 1 saturated carbocycles. The van der Waals surface area contributed by atoms with Gasteiger partial charge in [0.25, 0.3) is 0 Å². The summed E-state index contributed by atoms with van der Waals surface area (Å²) in [5, 5.41) is 0.363. The Labute approximate surface area is 91.3 Å². The predicted octanol–water partition coefficient (Wildman–Crippen LogP) is 4.12. The first-order valence-electron chi connectivity index (χ1n) is 5.54. The molecule has 2 unspecified atom stereocenters. The van der Waals surface area contributed by atoms with Gasteiger partial charge < -0.3 is 0 Å². The van der Waals surface area contributed by atoms with Gasteiger partial charge in [-0.1, -0.05) is 37.6 Å². The molecule has 1 fully saturated rings. The summed E-state index contributed by atoms with van der Waals surface area (Å²) in [5.41, 5.74) is 2.88. The molecule has 0 aliphatic heterocycles. The number of halogens is 1. The summed E-state index contributed by atoms with van der Waals surface area (Å²) in [6, 6.07) is 8.91. The Kier molecular flexibility index (Phi) is 3.12. The van der Waals surface area contributed by atoms with Crippen molar-refractivity contribution >= 4 is 11.6 Å². The van der Waals surface area contributed by atoms with Crippen LogP contribution in [0.2, 0.25) is 0 Å². The smallest absolute Gasteiger partial charge is 0.0404 e. The highest BCUT2D eigenvalue weighted by atomic mass is 35.5. The van der Waals surface area contributed by atoms with Crippen LogP contribution >= 0.6 is 11.6 Å². The molecule has 0 heterocycles. The molecule has 1 aromatic carbocycles. The molecule has 0 nitrogen and oxygen atoms in total. The predicted molar refractivity (Wildman–Crippen MR) is 62.1 cm³/mol. The van der Waals surface area contributed by atoms with Crippen LogP contribution in [0.1, 0.15) is 43.2 Å². The summed E-state index contributed by atoms with van der Waals surface area (Å²) in [5.74, 6) is 0.600. The van der Waals surface area contributed by atoms with Crippen molar-refractivity contribution in [1.29, 1.82) is 0 Å². The van der Waals surface area contributed by atoms with Crippen LogP contribution < -0.4 is 0 Å². The second-order valence-corrected chi connectivity index (χ2v) is 4.71. The van der Waals surface area contributed by atoms with Gasteiger partial charge >= 0.3 is 0 Å². The summed E-state index contributed by atoms with van der Waals surface area (Å²) < 4.78 is 0. The molecule has 1 heteroatoms. The highest BCUT2D eigenvalue weighted by Crippen LogP contribution is 2.38. The van der Waals surface area contributed by atoms with Crippen LogP contribution in [-0.2, 0) is 6.42 Å². The summed E-state index contributed by atoms with van der Waals surface area (Å²) in [6.45, 7) is 2.20. The summed E-state index contributed by atoms with van der Waals surface area (Å²) in [4.78, 5) is 0. The molecule has 0 spiro atoms. The van der Waals surface area contributed by atoms with Gasteiger partial charge in [0.2, 0.25) is 0 Å². The van der Waals surface area contributed by atoms with Crippen LogP contribution in [0.4, 0.5) is 0 Å². The molecule has 0 radical (unpaired) electrons. The lowest BCUT2D eigenvalue weighted by Crippen LogP contribution is -2.05. The van der Waals surface area contributed by atoms with E-state index in [1.165, 1.54) is 30.4 Å². The second kappa shape index (κ2) is 4.35. The van der Waals surface area contributed by atoms with Crippen molar-refractivity contribution in [3.63, 3.8) is 0 Å². The van der Waals surface area contributed by atoms with E-state index in [0.29, 0.717) is 11.3 Å². The minimum absolute atomic E-state index is 0.363. The molecule has 0 amide bonds. The van der Waals surface area contributed by atoms with Crippen molar-refractivity contribution in [3.8, 4) is 0 Å². The van der Waals surface area contributed by atoms with Crippen molar-refractivity contribution in [2.24, 2.45) is 0 Å². The van der Waals surface area contributed by atoms with Crippen LogP contribution in [0.15, 0.2) is 24.3 Å². The fourth-order valence-corrected chi connectivity index (χ4v) is 2.76. The normalized spacial score (nSPS) is 26.7. The third-order valence-corrected chi connectivity index (χ3v) is 3.74. The number of alkyl halides is 1. The quantitative estimate of drug-likeness (QED) is 0.642. The number of aryl methyl sites for hydroxylation is 1.